The second-order valence-electron chi connectivity index (χ2n) is 4.11. The van der Waals surface area contributed by atoms with Crippen molar-refractivity contribution in [3.05, 3.63) is 0 Å². The van der Waals surface area contributed by atoms with Crippen LogP contribution in [0.4, 0.5) is 0 Å². The van der Waals surface area contributed by atoms with E-state index in [4.69, 9.17) is 9.47 Å². The molecule has 0 aromatic heterocycles. The molecule has 1 aliphatic rings. The number of nitrogens with zero attached hydrogens (tertiary/aromatic N) is 1. The van der Waals surface area contributed by atoms with Crippen LogP contribution in [0.1, 0.15) is 25.7 Å². The Hall–Kier alpha value is -0.450. The highest BCUT2D eigenvalue weighted by Gasteiger charge is 2.08. The fraction of sp³-hybridized carbons (Fsp3) is 0.917. The standard InChI is InChI=1S/C12H23NO3/c14-8-12-16-10-4-9-15-11-7-13-5-2-1-3-6-13/h8H,1-7,9-12H2. The van der Waals surface area contributed by atoms with Crippen LogP contribution >= 0.6 is 0 Å². The van der Waals surface area contributed by atoms with Crippen molar-refractivity contribution in [2.24, 2.45) is 0 Å². The maximum absolute atomic E-state index is 9.95. The summed E-state index contributed by atoms with van der Waals surface area (Å²) in [5.74, 6) is 0. The number of hydrogen-bond donors (Lipinski definition) is 0. The highest BCUT2D eigenvalue weighted by molar-refractivity contribution is 5.50. The lowest BCUT2D eigenvalue weighted by atomic mass is 10.1. The van der Waals surface area contributed by atoms with Crippen molar-refractivity contribution in [3.63, 3.8) is 0 Å². The van der Waals surface area contributed by atoms with Gasteiger partial charge in [-0.05, 0) is 32.4 Å². The third kappa shape index (κ3) is 6.93. The first-order chi connectivity index (χ1) is 7.93. The quantitative estimate of drug-likeness (QED) is 0.438. The number of hydrogen-bond acceptors (Lipinski definition) is 4. The summed E-state index contributed by atoms with van der Waals surface area (Å²) in [6.45, 7) is 5.86. The van der Waals surface area contributed by atoms with Gasteiger partial charge in [0.15, 0.2) is 0 Å². The normalized spacial score (nSPS) is 17.5. The Morgan fingerprint density at radius 2 is 1.75 bits per heavy atom. The molecular weight excluding hydrogens is 206 g/mol. The molecule has 0 N–H and O–H groups in total. The van der Waals surface area contributed by atoms with Gasteiger partial charge in [-0.15, -0.1) is 0 Å². The van der Waals surface area contributed by atoms with Crippen molar-refractivity contribution in [3.8, 4) is 0 Å². The predicted molar refractivity (Wildman–Crippen MR) is 62.6 cm³/mol. The number of ether oxygens (including phenoxy) is 2. The van der Waals surface area contributed by atoms with E-state index in [2.05, 4.69) is 4.90 Å². The largest absolute Gasteiger partial charge is 0.380 e. The third-order valence-electron chi connectivity index (χ3n) is 2.76. The molecule has 1 saturated heterocycles. The maximum atomic E-state index is 9.95. The molecule has 0 amide bonds. The van der Waals surface area contributed by atoms with E-state index >= 15 is 0 Å². The molecule has 1 heterocycles. The molecule has 1 aliphatic heterocycles. The van der Waals surface area contributed by atoms with E-state index < -0.39 is 0 Å². The van der Waals surface area contributed by atoms with Crippen molar-refractivity contribution < 1.29 is 14.3 Å². The molecule has 0 unspecified atom stereocenters. The third-order valence-corrected chi connectivity index (χ3v) is 2.76. The van der Waals surface area contributed by atoms with E-state index in [-0.39, 0.29) is 6.61 Å². The van der Waals surface area contributed by atoms with Gasteiger partial charge in [-0.2, -0.15) is 0 Å². The minimum atomic E-state index is 0.202. The zero-order valence-corrected chi connectivity index (χ0v) is 10.0. The van der Waals surface area contributed by atoms with Gasteiger partial charge in [-0.25, -0.2) is 0 Å². The average Bonchev–Trinajstić information content (AvgIpc) is 2.34. The Kier molecular flexibility index (Phi) is 8.30. The molecule has 0 aromatic rings. The summed E-state index contributed by atoms with van der Waals surface area (Å²) in [7, 11) is 0. The Morgan fingerprint density at radius 1 is 1.00 bits per heavy atom. The van der Waals surface area contributed by atoms with Crippen LogP contribution in [0.15, 0.2) is 0 Å². The molecule has 94 valence electrons. The molecular formula is C12H23NO3. The SMILES string of the molecule is O=CCOCCCOCCN1CCCCC1. The van der Waals surface area contributed by atoms with Crippen molar-refractivity contribution >= 4 is 6.29 Å². The molecule has 16 heavy (non-hydrogen) atoms. The van der Waals surface area contributed by atoms with E-state index in [0.717, 1.165) is 32.5 Å². The van der Waals surface area contributed by atoms with E-state index in [1.807, 2.05) is 0 Å². The van der Waals surface area contributed by atoms with Gasteiger partial charge in [0.25, 0.3) is 0 Å². The number of carbonyl (C=O) groups is 1. The van der Waals surface area contributed by atoms with Crippen molar-refractivity contribution in [1.82, 2.24) is 4.90 Å². The molecule has 0 radical (unpaired) electrons. The lowest BCUT2D eigenvalue weighted by Crippen LogP contribution is -2.32. The van der Waals surface area contributed by atoms with Gasteiger partial charge in [0.1, 0.15) is 12.9 Å². The first-order valence-corrected chi connectivity index (χ1v) is 6.25. The van der Waals surface area contributed by atoms with Crippen LogP contribution in [0.25, 0.3) is 0 Å². The molecule has 0 bridgehead atoms. The molecule has 0 spiro atoms. The van der Waals surface area contributed by atoms with Gasteiger partial charge in [-0.3, -0.25) is 0 Å². The zero-order chi connectivity index (χ0) is 11.5. The topological polar surface area (TPSA) is 38.8 Å². The maximum Gasteiger partial charge on any atom is 0.145 e. The first-order valence-electron chi connectivity index (χ1n) is 6.25. The van der Waals surface area contributed by atoms with Crippen LogP contribution in [0, 0.1) is 0 Å². The van der Waals surface area contributed by atoms with E-state index in [9.17, 15) is 4.79 Å². The number of aldehydes is 1. The van der Waals surface area contributed by atoms with E-state index in [1.54, 1.807) is 0 Å². The molecule has 4 nitrogen and oxygen atoms in total. The Labute approximate surface area is 97.9 Å². The van der Waals surface area contributed by atoms with Crippen LogP contribution in [-0.2, 0) is 14.3 Å². The van der Waals surface area contributed by atoms with Crippen LogP contribution in [-0.4, -0.2) is 57.2 Å². The highest BCUT2D eigenvalue weighted by Crippen LogP contribution is 2.07. The molecule has 0 atom stereocenters. The molecule has 1 fully saturated rings. The number of likely N-dealkylation sites (tertiary alicyclic amines) is 1. The van der Waals surface area contributed by atoms with Crippen molar-refractivity contribution in [2.75, 3.05) is 46.1 Å². The lowest BCUT2D eigenvalue weighted by molar-refractivity contribution is -0.112. The second-order valence-corrected chi connectivity index (χ2v) is 4.11. The summed E-state index contributed by atoms with van der Waals surface area (Å²) in [5, 5.41) is 0. The molecule has 1 rings (SSSR count). The highest BCUT2D eigenvalue weighted by atomic mass is 16.5. The van der Waals surface area contributed by atoms with Crippen LogP contribution in [0.2, 0.25) is 0 Å². The predicted octanol–water partition coefficient (Wildman–Crippen LogP) is 1.09. The lowest BCUT2D eigenvalue weighted by Gasteiger charge is -2.26. The van der Waals surface area contributed by atoms with Crippen LogP contribution < -0.4 is 0 Å². The summed E-state index contributed by atoms with van der Waals surface area (Å²) in [5.41, 5.74) is 0. The van der Waals surface area contributed by atoms with Gasteiger partial charge in [0, 0.05) is 19.8 Å². The van der Waals surface area contributed by atoms with Gasteiger partial charge in [0.05, 0.1) is 6.61 Å². The first kappa shape index (κ1) is 13.6. The van der Waals surface area contributed by atoms with Crippen molar-refractivity contribution in [1.29, 1.82) is 0 Å². The fourth-order valence-corrected chi connectivity index (χ4v) is 1.87. The average molecular weight is 229 g/mol. The number of rotatable bonds is 9. The van der Waals surface area contributed by atoms with Gasteiger partial charge in [0.2, 0.25) is 0 Å². The monoisotopic (exact) mass is 229 g/mol. The smallest absolute Gasteiger partial charge is 0.145 e. The Bertz CT molecular complexity index is 170. The molecule has 4 heteroatoms. The Balaban J connectivity index is 1.78. The molecule has 0 aromatic carbocycles. The zero-order valence-electron chi connectivity index (χ0n) is 10.0. The summed E-state index contributed by atoms with van der Waals surface area (Å²) >= 11 is 0. The van der Waals surface area contributed by atoms with Gasteiger partial charge in [-0.1, -0.05) is 6.42 Å². The van der Waals surface area contributed by atoms with Gasteiger partial charge < -0.3 is 19.2 Å². The summed E-state index contributed by atoms with van der Waals surface area (Å²) in [6.07, 6.45) is 5.69. The fourth-order valence-electron chi connectivity index (χ4n) is 1.87. The minimum absolute atomic E-state index is 0.202. The molecule has 0 aliphatic carbocycles. The van der Waals surface area contributed by atoms with Crippen LogP contribution in [0.3, 0.4) is 0 Å². The Morgan fingerprint density at radius 3 is 2.50 bits per heavy atom. The van der Waals surface area contributed by atoms with Crippen LogP contribution in [0.5, 0.6) is 0 Å². The summed E-state index contributed by atoms with van der Waals surface area (Å²) in [4.78, 5) is 12.4. The number of carbonyl (C=O) groups excluding carboxylic acids is 1. The van der Waals surface area contributed by atoms with E-state index in [1.165, 1.54) is 32.4 Å². The minimum Gasteiger partial charge on any atom is -0.380 e. The number of piperidine rings is 1. The summed E-state index contributed by atoms with van der Waals surface area (Å²) < 4.78 is 10.5. The van der Waals surface area contributed by atoms with Gasteiger partial charge >= 0.3 is 0 Å². The molecule has 0 saturated carbocycles. The van der Waals surface area contributed by atoms with E-state index in [0.29, 0.717) is 6.61 Å². The second kappa shape index (κ2) is 9.75. The summed E-state index contributed by atoms with van der Waals surface area (Å²) in [6, 6.07) is 0. The van der Waals surface area contributed by atoms with Crippen molar-refractivity contribution in [2.45, 2.75) is 25.7 Å².